The molecule has 1 amide bonds. The van der Waals surface area contributed by atoms with Gasteiger partial charge in [-0.25, -0.2) is 4.79 Å². The van der Waals surface area contributed by atoms with Crippen molar-refractivity contribution in [1.82, 2.24) is 4.90 Å². The largest absolute Gasteiger partial charge is 0.448 e. The Balaban J connectivity index is 1.52. The molecule has 0 bridgehead atoms. The number of aliphatic hydroxyl groups is 1. The van der Waals surface area contributed by atoms with Crippen LogP contribution in [0.25, 0.3) is 11.1 Å². The van der Waals surface area contributed by atoms with Crippen LogP contribution in [0.3, 0.4) is 0 Å². The zero-order valence-corrected chi connectivity index (χ0v) is 15.3. The summed E-state index contributed by atoms with van der Waals surface area (Å²) in [5.41, 5.74) is 4.90. The molecule has 1 aliphatic carbocycles. The fraction of sp³-hybridized carbons (Fsp3) is 0.409. The number of benzene rings is 2. The third-order valence-electron chi connectivity index (χ3n) is 5.72. The second kappa shape index (κ2) is 6.76. The summed E-state index contributed by atoms with van der Waals surface area (Å²) in [5, 5.41) is 9.89. The Hall–Kier alpha value is -2.33. The summed E-state index contributed by atoms with van der Waals surface area (Å²) in [6.07, 6.45) is 0.597. The van der Waals surface area contributed by atoms with Crippen LogP contribution in [0.1, 0.15) is 43.7 Å². The molecule has 1 fully saturated rings. The molecule has 1 N–H and O–H groups in total. The Morgan fingerprint density at radius 2 is 1.50 bits per heavy atom. The zero-order valence-electron chi connectivity index (χ0n) is 15.3. The normalized spacial score (nSPS) is 24.9. The Morgan fingerprint density at radius 3 is 2.04 bits per heavy atom. The van der Waals surface area contributed by atoms with Crippen molar-refractivity contribution >= 4 is 6.09 Å². The van der Waals surface area contributed by atoms with Crippen LogP contribution in [-0.2, 0) is 4.74 Å². The number of hydrogen-bond acceptors (Lipinski definition) is 3. The highest BCUT2D eigenvalue weighted by molar-refractivity contribution is 5.79. The van der Waals surface area contributed by atoms with E-state index < -0.39 is 0 Å². The molecule has 2 atom stereocenters. The first-order valence-electron chi connectivity index (χ1n) is 9.37. The van der Waals surface area contributed by atoms with Crippen molar-refractivity contribution in [3.63, 3.8) is 0 Å². The van der Waals surface area contributed by atoms with Gasteiger partial charge in [0.25, 0.3) is 0 Å². The molecule has 1 saturated heterocycles. The molecule has 2 aliphatic rings. The Labute approximate surface area is 154 Å². The number of rotatable bonds is 2. The number of hydrogen-bond donors (Lipinski definition) is 1. The summed E-state index contributed by atoms with van der Waals surface area (Å²) in [4.78, 5) is 14.5. The summed E-state index contributed by atoms with van der Waals surface area (Å²) in [7, 11) is 0. The van der Waals surface area contributed by atoms with Gasteiger partial charge in [0.2, 0.25) is 0 Å². The fourth-order valence-electron chi connectivity index (χ4n) is 4.57. The van der Waals surface area contributed by atoms with Crippen LogP contribution in [0, 0.1) is 0 Å². The van der Waals surface area contributed by atoms with Gasteiger partial charge in [-0.2, -0.15) is 0 Å². The number of piperidine rings is 1. The zero-order chi connectivity index (χ0) is 18.3. The lowest BCUT2D eigenvalue weighted by Gasteiger charge is -2.40. The quantitative estimate of drug-likeness (QED) is 0.883. The average molecular weight is 351 g/mol. The monoisotopic (exact) mass is 351 g/mol. The van der Waals surface area contributed by atoms with E-state index in [2.05, 4.69) is 24.3 Å². The minimum Gasteiger partial charge on any atom is -0.448 e. The van der Waals surface area contributed by atoms with Gasteiger partial charge in [0.1, 0.15) is 6.61 Å². The summed E-state index contributed by atoms with van der Waals surface area (Å²) in [5.74, 6) is 0.0762. The second-order valence-corrected chi connectivity index (χ2v) is 7.53. The molecule has 1 heterocycles. The number of fused-ring (bicyclic) bond motifs is 3. The number of nitrogens with zero attached hydrogens (tertiary/aromatic N) is 1. The van der Waals surface area contributed by atoms with E-state index in [1.165, 1.54) is 22.3 Å². The van der Waals surface area contributed by atoms with Crippen LogP contribution < -0.4 is 0 Å². The lowest BCUT2D eigenvalue weighted by atomic mass is 9.95. The number of amides is 1. The van der Waals surface area contributed by atoms with E-state index in [0.717, 1.165) is 0 Å². The van der Waals surface area contributed by atoms with E-state index in [1.807, 2.05) is 38.1 Å². The van der Waals surface area contributed by atoms with Crippen molar-refractivity contribution in [2.24, 2.45) is 0 Å². The van der Waals surface area contributed by atoms with E-state index >= 15 is 0 Å². The molecule has 2 unspecified atom stereocenters. The van der Waals surface area contributed by atoms with Crippen molar-refractivity contribution in [3.05, 3.63) is 59.7 Å². The van der Waals surface area contributed by atoms with Crippen LogP contribution in [0.4, 0.5) is 4.79 Å². The van der Waals surface area contributed by atoms with Crippen LogP contribution in [-0.4, -0.2) is 40.9 Å². The van der Waals surface area contributed by atoms with Crippen LogP contribution in [0.5, 0.6) is 0 Å². The van der Waals surface area contributed by atoms with Gasteiger partial charge in [0, 0.05) is 18.0 Å². The molecular weight excluding hydrogens is 326 g/mol. The molecule has 1 aliphatic heterocycles. The highest BCUT2D eigenvalue weighted by atomic mass is 16.6. The molecule has 0 aromatic heterocycles. The van der Waals surface area contributed by atoms with Crippen molar-refractivity contribution in [3.8, 4) is 11.1 Å². The van der Waals surface area contributed by atoms with Gasteiger partial charge in [0.05, 0.1) is 6.10 Å². The maximum Gasteiger partial charge on any atom is 0.410 e. The predicted molar refractivity (Wildman–Crippen MR) is 101 cm³/mol. The molecular formula is C22H25NO3. The van der Waals surface area contributed by atoms with Gasteiger partial charge in [-0.05, 0) is 48.9 Å². The SMILES string of the molecule is CC1CC(O)CC(C)N1C(=O)OCC1c2ccccc2-c2ccccc21. The predicted octanol–water partition coefficient (Wildman–Crippen LogP) is 4.17. The third-order valence-corrected chi connectivity index (χ3v) is 5.72. The molecule has 0 radical (unpaired) electrons. The first-order chi connectivity index (χ1) is 12.6. The lowest BCUT2D eigenvalue weighted by Crippen LogP contribution is -2.51. The number of aliphatic hydroxyl groups excluding tert-OH is 1. The number of carbonyl (C=O) groups excluding carboxylic acids is 1. The molecule has 26 heavy (non-hydrogen) atoms. The molecule has 4 nitrogen and oxygen atoms in total. The topological polar surface area (TPSA) is 49.8 Å². The van der Waals surface area contributed by atoms with Crippen molar-refractivity contribution in [2.45, 2.75) is 50.8 Å². The summed E-state index contributed by atoms with van der Waals surface area (Å²) < 4.78 is 5.76. The molecule has 2 aromatic rings. The fourth-order valence-corrected chi connectivity index (χ4v) is 4.57. The van der Waals surface area contributed by atoms with E-state index in [4.69, 9.17) is 4.74 Å². The summed E-state index contributed by atoms with van der Waals surface area (Å²) in [6, 6.07) is 16.7. The minimum atomic E-state index is -0.336. The van der Waals surface area contributed by atoms with E-state index in [1.54, 1.807) is 4.90 Å². The standard InChI is InChI=1S/C22H25NO3/c1-14-11-16(24)12-15(2)23(14)22(25)26-13-21-19-9-5-3-7-17(19)18-8-4-6-10-20(18)21/h3-10,14-16,21,24H,11-13H2,1-2H3. The second-order valence-electron chi connectivity index (χ2n) is 7.53. The molecule has 2 aromatic carbocycles. The smallest absolute Gasteiger partial charge is 0.410 e. The average Bonchev–Trinajstić information content (AvgIpc) is 2.93. The van der Waals surface area contributed by atoms with Gasteiger partial charge >= 0.3 is 6.09 Å². The van der Waals surface area contributed by atoms with E-state index in [-0.39, 0.29) is 30.2 Å². The van der Waals surface area contributed by atoms with Crippen LogP contribution in [0.15, 0.2) is 48.5 Å². The van der Waals surface area contributed by atoms with Gasteiger partial charge in [-0.15, -0.1) is 0 Å². The van der Waals surface area contributed by atoms with Crippen LogP contribution in [0.2, 0.25) is 0 Å². The van der Waals surface area contributed by atoms with E-state index in [0.29, 0.717) is 19.4 Å². The Kier molecular flexibility index (Phi) is 4.45. The maximum atomic E-state index is 12.7. The number of ether oxygens (including phenoxy) is 1. The summed E-state index contributed by atoms with van der Waals surface area (Å²) in [6.45, 7) is 4.28. The number of carbonyl (C=O) groups is 1. The molecule has 4 rings (SSSR count). The molecule has 4 heteroatoms. The van der Waals surface area contributed by atoms with Gasteiger partial charge in [-0.1, -0.05) is 48.5 Å². The first-order valence-corrected chi connectivity index (χ1v) is 9.37. The van der Waals surface area contributed by atoms with Gasteiger partial charge in [-0.3, -0.25) is 0 Å². The maximum absolute atomic E-state index is 12.7. The summed E-state index contributed by atoms with van der Waals surface area (Å²) >= 11 is 0. The van der Waals surface area contributed by atoms with E-state index in [9.17, 15) is 9.90 Å². The molecule has 0 saturated carbocycles. The lowest BCUT2D eigenvalue weighted by molar-refractivity contribution is 0.00716. The first kappa shape index (κ1) is 17.1. The van der Waals surface area contributed by atoms with Gasteiger partial charge < -0.3 is 14.7 Å². The van der Waals surface area contributed by atoms with Crippen molar-refractivity contribution in [1.29, 1.82) is 0 Å². The highest BCUT2D eigenvalue weighted by Gasteiger charge is 2.35. The van der Waals surface area contributed by atoms with Crippen molar-refractivity contribution in [2.75, 3.05) is 6.61 Å². The Morgan fingerprint density at radius 1 is 1.00 bits per heavy atom. The van der Waals surface area contributed by atoms with Crippen LogP contribution >= 0.6 is 0 Å². The highest BCUT2D eigenvalue weighted by Crippen LogP contribution is 2.44. The molecule has 0 spiro atoms. The Bertz CT molecular complexity index is 761. The number of likely N-dealkylation sites (tertiary alicyclic amines) is 1. The van der Waals surface area contributed by atoms with Gasteiger partial charge in [0.15, 0.2) is 0 Å². The van der Waals surface area contributed by atoms with Crippen molar-refractivity contribution < 1.29 is 14.6 Å². The minimum absolute atomic E-state index is 0.00981. The third kappa shape index (κ3) is 2.88. The molecule has 136 valence electrons.